The fourth-order valence-corrected chi connectivity index (χ4v) is 1.39. The summed E-state index contributed by atoms with van der Waals surface area (Å²) < 4.78 is 5.47. The Morgan fingerprint density at radius 2 is 2.27 bits per heavy atom. The van der Waals surface area contributed by atoms with Gasteiger partial charge in [0.2, 0.25) is 5.91 Å². The van der Waals surface area contributed by atoms with Gasteiger partial charge >= 0.3 is 0 Å². The zero-order chi connectivity index (χ0) is 11.3. The van der Waals surface area contributed by atoms with E-state index < -0.39 is 0 Å². The van der Waals surface area contributed by atoms with Crippen LogP contribution in [0.3, 0.4) is 0 Å². The van der Waals surface area contributed by atoms with E-state index in [1.807, 2.05) is 19.1 Å². The fraction of sp³-hybridized carbons (Fsp3) is 0.364. The van der Waals surface area contributed by atoms with Crippen molar-refractivity contribution in [3.05, 3.63) is 28.8 Å². The zero-order valence-electron chi connectivity index (χ0n) is 8.84. The molecule has 0 aliphatic rings. The van der Waals surface area contributed by atoms with Crippen molar-refractivity contribution in [3.8, 4) is 5.75 Å². The van der Waals surface area contributed by atoms with E-state index in [-0.39, 0.29) is 5.91 Å². The van der Waals surface area contributed by atoms with Gasteiger partial charge in [0.15, 0.2) is 0 Å². The maximum atomic E-state index is 10.6. The second kappa shape index (κ2) is 5.61. The van der Waals surface area contributed by atoms with Crippen LogP contribution in [-0.4, -0.2) is 19.1 Å². The van der Waals surface area contributed by atoms with Crippen LogP contribution in [0.5, 0.6) is 5.75 Å². The number of hydrogen-bond donors (Lipinski definition) is 1. The van der Waals surface area contributed by atoms with Gasteiger partial charge in [-0.3, -0.25) is 4.79 Å². The minimum Gasteiger partial charge on any atom is -0.491 e. The van der Waals surface area contributed by atoms with Gasteiger partial charge in [-0.05, 0) is 30.7 Å². The Hall–Kier alpha value is -1.22. The molecule has 1 amide bonds. The molecule has 82 valence electrons. The number of amides is 1. The summed E-state index contributed by atoms with van der Waals surface area (Å²) in [6.07, 6.45) is 0. The highest BCUT2D eigenvalue weighted by Gasteiger charge is 1.99. The van der Waals surface area contributed by atoms with Crippen molar-refractivity contribution in [2.75, 3.05) is 13.2 Å². The maximum absolute atomic E-state index is 10.6. The number of aryl methyl sites for hydroxylation is 1. The van der Waals surface area contributed by atoms with E-state index in [2.05, 4.69) is 5.32 Å². The molecule has 0 fully saturated rings. The number of ether oxygens (including phenoxy) is 1. The minimum atomic E-state index is -0.0496. The van der Waals surface area contributed by atoms with Gasteiger partial charge in [0.05, 0.1) is 6.54 Å². The van der Waals surface area contributed by atoms with Crippen molar-refractivity contribution < 1.29 is 9.53 Å². The summed E-state index contributed by atoms with van der Waals surface area (Å²) in [4.78, 5) is 10.6. The molecule has 0 spiro atoms. The predicted octanol–water partition coefficient (Wildman–Crippen LogP) is 2.16. The van der Waals surface area contributed by atoms with Gasteiger partial charge in [-0.1, -0.05) is 11.6 Å². The van der Waals surface area contributed by atoms with Gasteiger partial charge in [-0.15, -0.1) is 0 Å². The molecule has 0 aromatic heterocycles. The first-order chi connectivity index (χ1) is 7.09. The molecule has 0 heterocycles. The molecule has 1 aromatic carbocycles. The number of halogens is 1. The van der Waals surface area contributed by atoms with E-state index in [9.17, 15) is 4.79 Å². The number of carbonyl (C=O) groups is 1. The van der Waals surface area contributed by atoms with Crippen LogP contribution in [0.15, 0.2) is 18.2 Å². The van der Waals surface area contributed by atoms with E-state index in [0.29, 0.717) is 18.2 Å². The Kier molecular flexibility index (Phi) is 4.43. The molecule has 3 nitrogen and oxygen atoms in total. The van der Waals surface area contributed by atoms with Crippen molar-refractivity contribution >= 4 is 17.5 Å². The largest absolute Gasteiger partial charge is 0.491 e. The lowest BCUT2D eigenvalue weighted by molar-refractivity contribution is -0.119. The highest BCUT2D eigenvalue weighted by atomic mass is 35.5. The Labute approximate surface area is 94.4 Å². The zero-order valence-corrected chi connectivity index (χ0v) is 9.60. The van der Waals surface area contributed by atoms with Crippen molar-refractivity contribution in [1.29, 1.82) is 0 Å². The lowest BCUT2D eigenvalue weighted by Crippen LogP contribution is -2.25. The predicted molar refractivity (Wildman–Crippen MR) is 60.4 cm³/mol. The molecule has 0 unspecified atom stereocenters. The van der Waals surface area contributed by atoms with Crippen molar-refractivity contribution in [2.45, 2.75) is 13.8 Å². The molecule has 0 aliphatic heterocycles. The highest BCUT2D eigenvalue weighted by molar-refractivity contribution is 6.30. The van der Waals surface area contributed by atoms with Crippen molar-refractivity contribution in [3.63, 3.8) is 0 Å². The second-order valence-corrected chi connectivity index (χ2v) is 3.68. The average Bonchev–Trinajstić information content (AvgIpc) is 2.14. The van der Waals surface area contributed by atoms with Crippen molar-refractivity contribution in [2.24, 2.45) is 0 Å². The van der Waals surface area contributed by atoms with E-state index in [1.165, 1.54) is 6.92 Å². The topological polar surface area (TPSA) is 38.3 Å². The second-order valence-electron chi connectivity index (χ2n) is 3.24. The molecule has 1 aromatic rings. The summed E-state index contributed by atoms with van der Waals surface area (Å²) in [6.45, 7) is 4.38. The lowest BCUT2D eigenvalue weighted by Gasteiger charge is -2.09. The van der Waals surface area contributed by atoms with Crippen LogP contribution in [0.4, 0.5) is 0 Å². The smallest absolute Gasteiger partial charge is 0.216 e. The summed E-state index contributed by atoms with van der Waals surface area (Å²) in [7, 11) is 0. The molecular weight excluding hydrogens is 214 g/mol. The summed E-state index contributed by atoms with van der Waals surface area (Å²) >= 11 is 5.81. The van der Waals surface area contributed by atoms with Gasteiger partial charge in [0.1, 0.15) is 12.4 Å². The highest BCUT2D eigenvalue weighted by Crippen LogP contribution is 2.21. The van der Waals surface area contributed by atoms with Gasteiger partial charge in [-0.2, -0.15) is 0 Å². The average molecular weight is 228 g/mol. The van der Waals surface area contributed by atoms with Crippen LogP contribution in [0.1, 0.15) is 12.5 Å². The van der Waals surface area contributed by atoms with Gasteiger partial charge in [-0.25, -0.2) is 0 Å². The number of benzene rings is 1. The van der Waals surface area contributed by atoms with Gasteiger partial charge < -0.3 is 10.1 Å². The van der Waals surface area contributed by atoms with Gasteiger partial charge in [0, 0.05) is 11.9 Å². The van der Waals surface area contributed by atoms with Crippen LogP contribution in [0, 0.1) is 6.92 Å². The van der Waals surface area contributed by atoms with Crippen LogP contribution in [0.25, 0.3) is 0 Å². The molecule has 0 atom stereocenters. The van der Waals surface area contributed by atoms with Crippen LogP contribution < -0.4 is 10.1 Å². The third-order valence-electron chi connectivity index (χ3n) is 1.87. The first kappa shape index (κ1) is 11.9. The Bertz CT molecular complexity index is 352. The molecular formula is C11H14ClNO2. The summed E-state index contributed by atoms with van der Waals surface area (Å²) in [5, 5.41) is 3.35. The maximum Gasteiger partial charge on any atom is 0.216 e. The number of carbonyl (C=O) groups excluding carboxylic acids is 1. The normalized spacial score (nSPS) is 9.80. The van der Waals surface area contributed by atoms with Crippen LogP contribution in [-0.2, 0) is 4.79 Å². The molecule has 1 N–H and O–H groups in total. The van der Waals surface area contributed by atoms with E-state index >= 15 is 0 Å². The summed E-state index contributed by atoms with van der Waals surface area (Å²) in [5.74, 6) is 0.746. The quantitative estimate of drug-likeness (QED) is 0.801. The first-order valence-corrected chi connectivity index (χ1v) is 5.11. The van der Waals surface area contributed by atoms with E-state index in [0.717, 1.165) is 11.3 Å². The van der Waals surface area contributed by atoms with E-state index in [4.69, 9.17) is 16.3 Å². The van der Waals surface area contributed by atoms with Crippen LogP contribution >= 0.6 is 11.6 Å². The fourth-order valence-electron chi connectivity index (χ4n) is 1.16. The third-order valence-corrected chi connectivity index (χ3v) is 2.11. The lowest BCUT2D eigenvalue weighted by atomic mass is 10.2. The Balaban J connectivity index is 2.40. The number of hydrogen-bond acceptors (Lipinski definition) is 2. The molecule has 0 aliphatic carbocycles. The number of nitrogens with one attached hydrogen (secondary N) is 1. The summed E-state index contributed by atoms with van der Waals surface area (Å²) in [5.41, 5.74) is 0.991. The Morgan fingerprint density at radius 1 is 1.53 bits per heavy atom. The molecule has 0 radical (unpaired) electrons. The molecule has 1 rings (SSSR count). The molecule has 15 heavy (non-hydrogen) atoms. The minimum absolute atomic E-state index is 0.0496. The third kappa shape index (κ3) is 4.21. The SMILES string of the molecule is CC(=O)NCCOc1ccc(Cl)cc1C. The van der Waals surface area contributed by atoms with E-state index in [1.54, 1.807) is 6.07 Å². The van der Waals surface area contributed by atoms with Crippen molar-refractivity contribution in [1.82, 2.24) is 5.32 Å². The molecule has 0 bridgehead atoms. The molecule has 0 saturated carbocycles. The Morgan fingerprint density at radius 3 is 2.87 bits per heavy atom. The number of rotatable bonds is 4. The molecule has 0 saturated heterocycles. The monoisotopic (exact) mass is 227 g/mol. The molecule has 4 heteroatoms. The standard InChI is InChI=1S/C11H14ClNO2/c1-8-7-10(12)3-4-11(8)15-6-5-13-9(2)14/h3-4,7H,5-6H2,1-2H3,(H,13,14). The summed E-state index contributed by atoms with van der Waals surface area (Å²) in [6, 6.07) is 5.45. The first-order valence-electron chi connectivity index (χ1n) is 4.73. The van der Waals surface area contributed by atoms with Crippen LogP contribution in [0.2, 0.25) is 5.02 Å². The van der Waals surface area contributed by atoms with Gasteiger partial charge in [0.25, 0.3) is 0 Å².